The predicted molar refractivity (Wildman–Crippen MR) is 344 cm³/mol. The zero-order valence-corrected chi connectivity index (χ0v) is 48.6. The summed E-state index contributed by atoms with van der Waals surface area (Å²) in [5, 5.41) is 0. The van der Waals surface area contributed by atoms with Crippen LogP contribution in [0.4, 0.5) is 34.1 Å². The lowest BCUT2D eigenvalue weighted by Gasteiger charge is -2.33. The Labute approximate surface area is 491 Å². The maximum atomic E-state index is 6.38. The van der Waals surface area contributed by atoms with Crippen LogP contribution in [-0.2, 0) is 5.41 Å². The van der Waals surface area contributed by atoms with Crippen molar-refractivity contribution in [1.29, 1.82) is 0 Å². The van der Waals surface area contributed by atoms with Gasteiger partial charge >= 0.3 is 0 Å². The van der Waals surface area contributed by atoms with Crippen molar-refractivity contribution in [2.45, 2.75) is 76.5 Å². The second-order valence-corrected chi connectivity index (χ2v) is 22.9. The number of ether oxygens (including phenoxy) is 3. The van der Waals surface area contributed by atoms with Crippen LogP contribution in [0.25, 0.3) is 54.2 Å². The lowest BCUT2D eigenvalue weighted by molar-refractivity contribution is 0.302. The molecule has 82 heavy (non-hydrogen) atoms. The Morgan fingerprint density at radius 2 is 0.817 bits per heavy atom. The van der Waals surface area contributed by atoms with E-state index in [9.17, 15) is 0 Å². The molecule has 1 aliphatic carbocycles. The number of methoxy groups -OCH3 is 2. The quantitative estimate of drug-likeness (QED) is 0.0559. The molecule has 0 unspecified atom stereocenters. The average Bonchev–Trinajstić information content (AvgIpc) is 4.40. The summed E-state index contributed by atoms with van der Waals surface area (Å²) in [5.41, 5.74) is 18.6. The monoisotopic (exact) mass is 1110 g/mol. The second kappa shape index (κ2) is 25.1. The van der Waals surface area contributed by atoms with Gasteiger partial charge in [0.2, 0.25) is 0 Å². The zero-order chi connectivity index (χ0) is 55.7. The molecule has 9 aromatic carbocycles. The summed E-state index contributed by atoms with van der Waals surface area (Å²) in [6.07, 6.45) is 12.2. The Bertz CT molecular complexity index is 3770. The van der Waals surface area contributed by atoms with E-state index in [1.807, 2.05) is 24.3 Å². The van der Waals surface area contributed by atoms with Crippen LogP contribution in [0.5, 0.6) is 17.2 Å². The van der Waals surface area contributed by atoms with Crippen molar-refractivity contribution < 1.29 is 14.2 Å². The molecule has 0 saturated carbocycles. The van der Waals surface area contributed by atoms with Gasteiger partial charge in [0.1, 0.15) is 28.3 Å². The Morgan fingerprint density at radius 3 is 1.37 bits per heavy atom. The van der Waals surface area contributed by atoms with Crippen LogP contribution >= 0.6 is 23.1 Å². The highest BCUT2D eigenvalue weighted by Gasteiger charge is 2.41. The van der Waals surface area contributed by atoms with E-state index in [4.69, 9.17) is 23.0 Å². The molecule has 2 aromatic heterocycles. The van der Waals surface area contributed by atoms with Gasteiger partial charge in [-0.1, -0.05) is 155 Å². The van der Waals surface area contributed by atoms with Crippen LogP contribution in [0, 0.1) is 0 Å². The van der Waals surface area contributed by atoms with Gasteiger partial charge in [-0.25, -0.2) is 0 Å². The Kier molecular flexibility index (Phi) is 16.6. The Balaban J connectivity index is 0.694. The van der Waals surface area contributed by atoms with E-state index < -0.39 is 0 Å². The van der Waals surface area contributed by atoms with E-state index in [0.29, 0.717) is 6.61 Å². The van der Waals surface area contributed by atoms with E-state index in [2.05, 4.69) is 217 Å². The van der Waals surface area contributed by atoms with Gasteiger partial charge in [0.05, 0.1) is 32.6 Å². The lowest BCUT2D eigenvalue weighted by atomic mass is 9.70. The molecule has 0 radical (unpaired) electrons. The standard InChI is InChI=1S/C73H68N4O3S2/c1-4-5-6-16-49-73(67-23-14-12-21-64(67)65-22-13-15-24-68(65)73)50-17-7-8-18-51-80-62-43-37-59(38-44-62)76(54-19-10-9-11-20-54)56-31-27-53(28-32-56)69-47-48-70(81-69)66-46-45-63(71-72(66)75-82-74-71)52-25-29-55(30-26-52)77(57-33-39-60(78-2)40-34-57)58-35-41-61(79-3)42-36-58/h9-15,19-48H,4-8,16-18,49-51H2,1-3H3. The first-order chi connectivity index (χ1) is 40.5. The maximum absolute atomic E-state index is 6.38. The second-order valence-electron chi connectivity index (χ2n) is 21.3. The molecule has 1 aliphatic rings. The van der Waals surface area contributed by atoms with Crippen LogP contribution in [0.15, 0.2) is 224 Å². The number of nitrogens with zero attached hydrogens (tertiary/aromatic N) is 4. The normalized spacial score (nSPS) is 12.2. The van der Waals surface area contributed by atoms with Crippen LogP contribution in [0.3, 0.4) is 0 Å². The largest absolute Gasteiger partial charge is 0.497 e. The fourth-order valence-corrected chi connectivity index (χ4v) is 13.7. The maximum Gasteiger partial charge on any atom is 0.119 e. The van der Waals surface area contributed by atoms with Gasteiger partial charge in [0, 0.05) is 60.4 Å². The average molecular weight is 1110 g/mol. The molecule has 0 atom stereocenters. The van der Waals surface area contributed by atoms with Gasteiger partial charge in [0.25, 0.3) is 0 Å². The summed E-state index contributed by atoms with van der Waals surface area (Å²) in [6, 6.07) is 80.2. The summed E-state index contributed by atoms with van der Waals surface area (Å²) in [7, 11) is 3.37. The first-order valence-corrected chi connectivity index (χ1v) is 30.5. The SMILES string of the molecule is CCCCCCC1(CCCCCCOc2ccc(N(c3ccccc3)c3ccc(-c4ccc(-c5ccc(-c6ccc(N(c7ccc(OC)cc7)c7ccc(OC)cc7)cc6)c6nsnc56)s4)cc3)cc2)c2ccccc2-c2ccccc21. The van der Waals surface area contributed by atoms with E-state index in [1.54, 1.807) is 36.7 Å². The third-order valence-electron chi connectivity index (χ3n) is 16.3. The summed E-state index contributed by atoms with van der Waals surface area (Å²) in [6.45, 7) is 3.02. The molecule has 0 saturated heterocycles. The van der Waals surface area contributed by atoms with Crippen molar-refractivity contribution in [2.24, 2.45) is 0 Å². The van der Waals surface area contributed by atoms with Crippen molar-refractivity contribution >= 4 is 68.2 Å². The van der Waals surface area contributed by atoms with Crippen LogP contribution in [0.2, 0.25) is 0 Å². The van der Waals surface area contributed by atoms with Gasteiger partial charge in [-0.3, -0.25) is 0 Å². The van der Waals surface area contributed by atoms with Crippen molar-refractivity contribution in [1.82, 2.24) is 8.75 Å². The molecule has 9 heteroatoms. The third-order valence-corrected chi connectivity index (χ3v) is 18.0. The summed E-state index contributed by atoms with van der Waals surface area (Å²) in [5.74, 6) is 2.52. The number of aromatic nitrogens is 2. The van der Waals surface area contributed by atoms with Gasteiger partial charge in [0.15, 0.2) is 0 Å². The number of anilines is 6. The number of rotatable bonds is 24. The molecule has 12 rings (SSSR count). The number of fused-ring (bicyclic) bond motifs is 4. The Morgan fingerprint density at radius 1 is 0.378 bits per heavy atom. The minimum absolute atomic E-state index is 0.120. The highest BCUT2D eigenvalue weighted by atomic mass is 32.1. The number of hydrogen-bond donors (Lipinski definition) is 0. The molecule has 7 nitrogen and oxygen atoms in total. The molecule has 0 fully saturated rings. The van der Waals surface area contributed by atoms with Crippen molar-refractivity contribution in [3.63, 3.8) is 0 Å². The topological polar surface area (TPSA) is 60.0 Å². The van der Waals surface area contributed by atoms with E-state index in [1.165, 1.54) is 79.1 Å². The number of unbranched alkanes of at least 4 members (excludes halogenated alkanes) is 6. The molecule has 410 valence electrons. The molecule has 0 spiro atoms. The van der Waals surface area contributed by atoms with Crippen molar-refractivity contribution in [2.75, 3.05) is 30.6 Å². The van der Waals surface area contributed by atoms with E-state index in [-0.39, 0.29) is 5.41 Å². The molecule has 0 amide bonds. The first kappa shape index (κ1) is 54.1. The van der Waals surface area contributed by atoms with Crippen LogP contribution in [-0.4, -0.2) is 29.6 Å². The van der Waals surface area contributed by atoms with Gasteiger partial charge < -0.3 is 24.0 Å². The Hall–Kier alpha value is -8.50. The summed E-state index contributed by atoms with van der Waals surface area (Å²) in [4.78, 5) is 6.88. The highest BCUT2D eigenvalue weighted by molar-refractivity contribution is 7.19. The van der Waals surface area contributed by atoms with Crippen molar-refractivity contribution in [3.8, 4) is 60.4 Å². The summed E-state index contributed by atoms with van der Waals surface area (Å²) < 4.78 is 27.0. The molecular weight excluding hydrogens is 1040 g/mol. The highest BCUT2D eigenvalue weighted by Crippen LogP contribution is 2.54. The van der Waals surface area contributed by atoms with Crippen LogP contribution in [0.1, 0.15) is 82.3 Å². The molecular formula is C73H68N4O3S2. The number of benzene rings is 9. The summed E-state index contributed by atoms with van der Waals surface area (Å²) >= 11 is 3.03. The number of hydrogen-bond acceptors (Lipinski definition) is 9. The fourth-order valence-electron chi connectivity index (χ4n) is 12.1. The van der Waals surface area contributed by atoms with Gasteiger partial charge in [-0.15, -0.1) is 11.3 Å². The molecule has 0 bridgehead atoms. The smallest absolute Gasteiger partial charge is 0.119 e. The fraction of sp³-hybridized carbons (Fsp3) is 0.205. The minimum Gasteiger partial charge on any atom is -0.497 e. The molecule has 2 heterocycles. The third kappa shape index (κ3) is 11.3. The zero-order valence-electron chi connectivity index (χ0n) is 47.0. The van der Waals surface area contributed by atoms with Crippen LogP contribution < -0.4 is 24.0 Å². The first-order valence-electron chi connectivity index (χ1n) is 28.9. The molecule has 0 N–H and O–H groups in total. The molecule has 0 aliphatic heterocycles. The van der Waals surface area contributed by atoms with E-state index >= 15 is 0 Å². The van der Waals surface area contributed by atoms with Gasteiger partial charge in [-0.2, -0.15) is 8.75 Å². The van der Waals surface area contributed by atoms with Gasteiger partial charge in [-0.05, 0) is 174 Å². The number of para-hydroxylation sites is 1. The predicted octanol–water partition coefficient (Wildman–Crippen LogP) is 21.0. The number of thiophene rings is 1. The molecule has 11 aromatic rings. The lowest BCUT2D eigenvalue weighted by Crippen LogP contribution is -2.25. The van der Waals surface area contributed by atoms with Crippen molar-refractivity contribution in [3.05, 3.63) is 236 Å². The van der Waals surface area contributed by atoms with E-state index in [0.717, 1.165) is 102 Å². The minimum atomic E-state index is 0.120.